The molecule has 23 heavy (non-hydrogen) atoms. The van der Waals surface area contributed by atoms with Crippen LogP contribution in [0.5, 0.6) is 0 Å². The van der Waals surface area contributed by atoms with E-state index in [1.54, 1.807) is 4.90 Å². The number of carbonyl (C=O) groups excluding carboxylic acids is 1. The van der Waals surface area contributed by atoms with Gasteiger partial charge in [-0.1, -0.05) is 0 Å². The van der Waals surface area contributed by atoms with Gasteiger partial charge in [-0.25, -0.2) is 13.2 Å². The molecule has 3 saturated heterocycles. The van der Waals surface area contributed by atoms with Crippen molar-refractivity contribution in [2.24, 2.45) is 5.92 Å². The minimum atomic E-state index is -3.16. The van der Waals surface area contributed by atoms with Crippen LogP contribution in [-0.2, 0) is 19.3 Å². The standard InChI is InChI=1S/C15H26N2O5S/c1-14(2,3)22-13(18)17-6-4-15(10-21-15)11(9-17)12-8-16-5-7-23(12,19)20/h11-12,16H,4-10H2,1-3H3. The highest BCUT2D eigenvalue weighted by Crippen LogP contribution is 2.45. The third-order valence-electron chi connectivity index (χ3n) is 4.88. The van der Waals surface area contributed by atoms with E-state index in [1.807, 2.05) is 20.8 Å². The molecule has 1 amide bonds. The number of sulfone groups is 1. The first-order valence-corrected chi connectivity index (χ1v) is 9.89. The Morgan fingerprint density at radius 2 is 2.09 bits per heavy atom. The summed E-state index contributed by atoms with van der Waals surface area (Å²) in [6.45, 7) is 7.92. The second kappa shape index (κ2) is 5.60. The van der Waals surface area contributed by atoms with Gasteiger partial charge in [-0.2, -0.15) is 0 Å². The third kappa shape index (κ3) is 3.49. The van der Waals surface area contributed by atoms with Crippen molar-refractivity contribution in [1.29, 1.82) is 0 Å². The Balaban J connectivity index is 1.76. The lowest BCUT2D eigenvalue weighted by Gasteiger charge is -2.42. The molecule has 3 aliphatic heterocycles. The Kier molecular flexibility index (Phi) is 4.13. The van der Waals surface area contributed by atoms with Crippen molar-refractivity contribution in [1.82, 2.24) is 10.2 Å². The first-order valence-electron chi connectivity index (χ1n) is 8.17. The van der Waals surface area contributed by atoms with E-state index in [1.165, 1.54) is 0 Å². The summed E-state index contributed by atoms with van der Waals surface area (Å²) in [4.78, 5) is 14.0. The zero-order valence-electron chi connectivity index (χ0n) is 14.0. The van der Waals surface area contributed by atoms with Crippen LogP contribution in [0.15, 0.2) is 0 Å². The number of likely N-dealkylation sites (tertiary alicyclic amines) is 1. The van der Waals surface area contributed by atoms with Gasteiger partial charge in [0.15, 0.2) is 9.84 Å². The first kappa shape index (κ1) is 17.0. The van der Waals surface area contributed by atoms with Crippen molar-refractivity contribution in [3.63, 3.8) is 0 Å². The molecule has 0 aromatic rings. The van der Waals surface area contributed by atoms with E-state index < -0.39 is 20.7 Å². The van der Waals surface area contributed by atoms with Crippen LogP contribution in [-0.4, -0.2) is 74.4 Å². The van der Waals surface area contributed by atoms with Crippen LogP contribution in [0.25, 0.3) is 0 Å². The molecule has 0 aliphatic carbocycles. The maximum Gasteiger partial charge on any atom is 0.410 e. The Morgan fingerprint density at radius 1 is 1.39 bits per heavy atom. The van der Waals surface area contributed by atoms with Crippen molar-refractivity contribution in [3.8, 4) is 0 Å². The van der Waals surface area contributed by atoms with Crippen LogP contribution >= 0.6 is 0 Å². The molecule has 0 bridgehead atoms. The smallest absolute Gasteiger partial charge is 0.410 e. The van der Waals surface area contributed by atoms with Crippen LogP contribution < -0.4 is 5.32 Å². The normalized spacial score (nSPS) is 36.7. The maximum atomic E-state index is 12.5. The van der Waals surface area contributed by atoms with Gasteiger partial charge in [-0.05, 0) is 27.2 Å². The summed E-state index contributed by atoms with van der Waals surface area (Å²) in [5.74, 6) is -0.0435. The van der Waals surface area contributed by atoms with Gasteiger partial charge in [-0.3, -0.25) is 0 Å². The van der Waals surface area contributed by atoms with Gasteiger partial charge >= 0.3 is 6.09 Å². The Hall–Kier alpha value is -0.860. The fourth-order valence-corrected chi connectivity index (χ4v) is 5.47. The number of amides is 1. The van der Waals surface area contributed by atoms with Crippen molar-refractivity contribution in [3.05, 3.63) is 0 Å². The molecule has 132 valence electrons. The molecule has 8 heteroatoms. The fraction of sp³-hybridized carbons (Fsp3) is 0.933. The molecule has 3 heterocycles. The van der Waals surface area contributed by atoms with Gasteiger partial charge in [0.25, 0.3) is 0 Å². The van der Waals surface area contributed by atoms with Crippen molar-refractivity contribution >= 4 is 15.9 Å². The molecular formula is C15H26N2O5S. The molecule has 1 spiro atoms. The van der Waals surface area contributed by atoms with Gasteiger partial charge in [0.2, 0.25) is 0 Å². The topological polar surface area (TPSA) is 88.2 Å². The van der Waals surface area contributed by atoms with Crippen LogP contribution in [0, 0.1) is 5.92 Å². The predicted molar refractivity (Wildman–Crippen MR) is 85.0 cm³/mol. The molecule has 3 rings (SSSR count). The molecule has 1 N–H and O–H groups in total. The second-order valence-electron chi connectivity index (χ2n) is 7.75. The molecule has 0 aromatic carbocycles. The van der Waals surface area contributed by atoms with E-state index in [2.05, 4.69) is 5.32 Å². The van der Waals surface area contributed by atoms with Crippen molar-refractivity contribution < 1.29 is 22.7 Å². The molecule has 0 saturated carbocycles. The summed E-state index contributed by atoms with van der Waals surface area (Å²) in [5.41, 5.74) is -0.925. The van der Waals surface area contributed by atoms with Crippen molar-refractivity contribution in [2.75, 3.05) is 38.5 Å². The summed E-state index contributed by atoms with van der Waals surface area (Å²) >= 11 is 0. The van der Waals surface area contributed by atoms with Crippen LogP contribution in [0.3, 0.4) is 0 Å². The van der Waals surface area contributed by atoms with Crippen LogP contribution in [0.1, 0.15) is 27.2 Å². The van der Waals surface area contributed by atoms with Crippen molar-refractivity contribution in [2.45, 2.75) is 43.6 Å². The minimum Gasteiger partial charge on any atom is -0.444 e. The lowest BCUT2D eigenvalue weighted by Crippen LogP contribution is -2.58. The summed E-state index contributed by atoms with van der Waals surface area (Å²) in [6, 6.07) is 0. The van der Waals surface area contributed by atoms with E-state index in [9.17, 15) is 13.2 Å². The fourth-order valence-electron chi connectivity index (χ4n) is 3.53. The van der Waals surface area contributed by atoms with E-state index >= 15 is 0 Å². The second-order valence-corrected chi connectivity index (χ2v) is 10.1. The van der Waals surface area contributed by atoms with Crippen LogP contribution in [0.2, 0.25) is 0 Å². The number of epoxide rings is 1. The van der Waals surface area contributed by atoms with E-state index in [0.717, 1.165) is 0 Å². The molecule has 3 fully saturated rings. The molecule has 3 aliphatic rings. The summed E-state index contributed by atoms with van der Waals surface area (Å²) in [7, 11) is -3.16. The highest BCUT2D eigenvalue weighted by molar-refractivity contribution is 7.92. The lowest BCUT2D eigenvalue weighted by atomic mass is 9.83. The van der Waals surface area contributed by atoms with Gasteiger partial charge in [0, 0.05) is 32.1 Å². The Morgan fingerprint density at radius 3 is 2.65 bits per heavy atom. The highest BCUT2D eigenvalue weighted by Gasteiger charge is 2.59. The van der Waals surface area contributed by atoms with Crippen LogP contribution in [0.4, 0.5) is 4.79 Å². The maximum absolute atomic E-state index is 12.5. The predicted octanol–water partition coefficient (Wildman–Crippen LogP) is 0.399. The van der Waals surface area contributed by atoms with Gasteiger partial charge in [0.05, 0.1) is 23.2 Å². The van der Waals surface area contributed by atoms with Gasteiger partial charge < -0.3 is 19.7 Å². The number of rotatable bonds is 1. The number of carbonyl (C=O) groups is 1. The lowest BCUT2D eigenvalue weighted by molar-refractivity contribution is 0.00541. The average Bonchev–Trinajstić information content (AvgIpc) is 3.18. The molecular weight excluding hydrogens is 320 g/mol. The number of piperidine rings is 1. The summed E-state index contributed by atoms with van der Waals surface area (Å²) < 4.78 is 36.0. The Bertz CT molecular complexity index is 579. The van der Waals surface area contributed by atoms with E-state index in [0.29, 0.717) is 39.2 Å². The number of ether oxygens (including phenoxy) is 2. The minimum absolute atomic E-state index is 0.149. The first-order chi connectivity index (χ1) is 10.6. The Labute approximate surface area is 137 Å². The monoisotopic (exact) mass is 346 g/mol. The SMILES string of the molecule is CC(C)(C)OC(=O)N1CCC2(CO2)C(C2CNCCS2(=O)=O)C1. The quantitative estimate of drug-likeness (QED) is 0.692. The number of nitrogens with zero attached hydrogens (tertiary/aromatic N) is 1. The molecule has 0 aromatic heterocycles. The largest absolute Gasteiger partial charge is 0.444 e. The number of hydrogen-bond donors (Lipinski definition) is 1. The average molecular weight is 346 g/mol. The highest BCUT2D eigenvalue weighted by atomic mass is 32.2. The zero-order valence-corrected chi connectivity index (χ0v) is 14.8. The zero-order chi connectivity index (χ0) is 16.9. The van der Waals surface area contributed by atoms with E-state index in [4.69, 9.17) is 9.47 Å². The number of nitrogens with one attached hydrogen (secondary N) is 1. The summed E-state index contributed by atoms with van der Waals surface area (Å²) in [5, 5.41) is 2.67. The number of hydrogen-bond acceptors (Lipinski definition) is 6. The third-order valence-corrected chi connectivity index (χ3v) is 7.07. The molecule has 7 nitrogen and oxygen atoms in total. The summed E-state index contributed by atoms with van der Waals surface area (Å²) in [6.07, 6.45) is 0.294. The van der Waals surface area contributed by atoms with Gasteiger partial charge in [0.1, 0.15) is 5.60 Å². The van der Waals surface area contributed by atoms with Gasteiger partial charge in [-0.15, -0.1) is 0 Å². The molecule has 0 radical (unpaired) electrons. The molecule has 3 atom stereocenters. The molecule has 3 unspecified atom stereocenters. The van der Waals surface area contributed by atoms with E-state index in [-0.39, 0.29) is 23.4 Å².